The highest BCUT2D eigenvalue weighted by atomic mass is 19.1. The minimum absolute atomic E-state index is 0.192. The van der Waals surface area contributed by atoms with Gasteiger partial charge >= 0.3 is 0 Å². The van der Waals surface area contributed by atoms with E-state index < -0.39 is 5.60 Å². The Labute approximate surface area is 118 Å². The number of halogens is 1. The Morgan fingerprint density at radius 3 is 2.75 bits per heavy atom. The Hall–Kier alpha value is -1.75. The second kappa shape index (κ2) is 5.71. The minimum atomic E-state index is -0.993. The zero-order valence-electron chi connectivity index (χ0n) is 12.0. The van der Waals surface area contributed by atoms with Crippen molar-refractivity contribution in [2.75, 3.05) is 0 Å². The fourth-order valence-corrected chi connectivity index (χ4v) is 2.32. The maximum absolute atomic E-state index is 13.2. The smallest absolute Gasteiger partial charge is 0.138 e. The molecule has 0 aliphatic heterocycles. The van der Waals surface area contributed by atoms with Crippen LogP contribution < -0.4 is 0 Å². The molecular weight excluding hydrogens is 257 g/mol. The van der Waals surface area contributed by atoms with Crippen LogP contribution in [0.2, 0.25) is 0 Å². The molecule has 1 N–H and O–H groups in total. The molecule has 1 heterocycles. The molecule has 1 atom stereocenters. The Balaban J connectivity index is 2.12. The third kappa shape index (κ3) is 3.63. The van der Waals surface area contributed by atoms with E-state index in [1.54, 1.807) is 17.7 Å². The first-order valence-electron chi connectivity index (χ1n) is 6.72. The van der Waals surface area contributed by atoms with Gasteiger partial charge in [0.05, 0.1) is 5.60 Å². The first kappa shape index (κ1) is 14.7. The van der Waals surface area contributed by atoms with Crippen molar-refractivity contribution in [3.05, 3.63) is 47.8 Å². The summed E-state index contributed by atoms with van der Waals surface area (Å²) in [4.78, 5) is 4.20. The molecule has 2 rings (SSSR count). The van der Waals surface area contributed by atoms with Gasteiger partial charge in [0.15, 0.2) is 0 Å². The fraction of sp³-hybridized carbons (Fsp3) is 0.467. The summed E-state index contributed by atoms with van der Waals surface area (Å²) in [5, 5.41) is 14.7. The fourth-order valence-electron chi connectivity index (χ4n) is 2.32. The van der Waals surface area contributed by atoms with Crippen LogP contribution in [-0.4, -0.2) is 25.5 Å². The predicted octanol–water partition coefficient (Wildman–Crippen LogP) is 2.53. The van der Waals surface area contributed by atoms with E-state index in [1.807, 2.05) is 19.9 Å². The molecule has 0 spiro atoms. The van der Waals surface area contributed by atoms with Crippen LogP contribution in [0.15, 0.2) is 30.6 Å². The quantitative estimate of drug-likeness (QED) is 0.913. The van der Waals surface area contributed by atoms with Crippen molar-refractivity contribution >= 4 is 0 Å². The average Bonchev–Trinajstić information content (AvgIpc) is 2.75. The van der Waals surface area contributed by atoms with Crippen molar-refractivity contribution in [2.45, 2.75) is 45.3 Å². The molecule has 1 aromatic carbocycles. The van der Waals surface area contributed by atoms with Gasteiger partial charge in [-0.3, -0.25) is 0 Å². The van der Waals surface area contributed by atoms with Crippen LogP contribution in [0, 0.1) is 5.82 Å². The van der Waals surface area contributed by atoms with Crippen molar-refractivity contribution in [1.29, 1.82) is 0 Å². The van der Waals surface area contributed by atoms with E-state index in [1.165, 1.54) is 18.5 Å². The van der Waals surface area contributed by atoms with Gasteiger partial charge in [-0.05, 0) is 38.5 Å². The van der Waals surface area contributed by atoms with Crippen molar-refractivity contribution in [1.82, 2.24) is 14.8 Å². The molecule has 1 unspecified atom stereocenters. The van der Waals surface area contributed by atoms with E-state index in [0.717, 1.165) is 11.4 Å². The van der Waals surface area contributed by atoms with Gasteiger partial charge in [-0.25, -0.2) is 14.1 Å². The number of hydrogen-bond donors (Lipinski definition) is 1. The first-order valence-corrected chi connectivity index (χ1v) is 6.72. The number of aliphatic hydroxyl groups is 1. The topological polar surface area (TPSA) is 50.9 Å². The van der Waals surface area contributed by atoms with E-state index >= 15 is 0 Å². The highest BCUT2D eigenvalue weighted by molar-refractivity contribution is 5.18. The second-order valence-corrected chi connectivity index (χ2v) is 5.70. The highest BCUT2D eigenvalue weighted by Gasteiger charge is 2.25. The lowest BCUT2D eigenvalue weighted by Gasteiger charge is -2.23. The lowest BCUT2D eigenvalue weighted by Crippen LogP contribution is -2.32. The third-order valence-electron chi connectivity index (χ3n) is 3.15. The van der Waals surface area contributed by atoms with E-state index in [2.05, 4.69) is 10.1 Å². The summed E-state index contributed by atoms with van der Waals surface area (Å²) in [6.07, 6.45) is 2.24. The number of benzene rings is 1. The summed E-state index contributed by atoms with van der Waals surface area (Å²) < 4.78 is 15.0. The number of hydrogen-bond acceptors (Lipinski definition) is 3. The van der Waals surface area contributed by atoms with Gasteiger partial charge in [-0.15, -0.1) is 0 Å². The van der Waals surface area contributed by atoms with Gasteiger partial charge in [-0.1, -0.05) is 12.1 Å². The van der Waals surface area contributed by atoms with Gasteiger partial charge < -0.3 is 5.11 Å². The Kier molecular flexibility index (Phi) is 4.18. The van der Waals surface area contributed by atoms with Crippen LogP contribution in [-0.2, 0) is 12.8 Å². The molecule has 0 bridgehead atoms. The number of rotatable bonds is 5. The molecule has 0 radical (unpaired) electrons. The number of aromatic nitrogens is 3. The van der Waals surface area contributed by atoms with Gasteiger partial charge in [0.25, 0.3) is 0 Å². The van der Waals surface area contributed by atoms with Crippen LogP contribution in [0.1, 0.15) is 38.2 Å². The molecule has 0 amide bonds. The highest BCUT2D eigenvalue weighted by Crippen LogP contribution is 2.19. The van der Waals surface area contributed by atoms with Crippen molar-refractivity contribution in [3.8, 4) is 0 Å². The van der Waals surface area contributed by atoms with Gasteiger partial charge in [0.1, 0.15) is 18.0 Å². The zero-order valence-corrected chi connectivity index (χ0v) is 12.0. The van der Waals surface area contributed by atoms with Crippen molar-refractivity contribution < 1.29 is 9.50 Å². The maximum Gasteiger partial charge on any atom is 0.138 e. The standard InChI is InChI=1S/C15H20FN3O/c1-11(2)19-14(17-10-18-19)9-15(3,20)8-12-5-4-6-13(16)7-12/h4-7,10-11,20H,8-9H2,1-3H3. The molecule has 0 fully saturated rings. The minimum Gasteiger partial charge on any atom is -0.389 e. The molecule has 1 aromatic heterocycles. The van der Waals surface area contributed by atoms with Crippen LogP contribution in [0.3, 0.4) is 0 Å². The second-order valence-electron chi connectivity index (χ2n) is 5.70. The SMILES string of the molecule is CC(C)n1ncnc1CC(C)(O)Cc1cccc(F)c1. The molecule has 4 nitrogen and oxygen atoms in total. The monoisotopic (exact) mass is 277 g/mol. The van der Waals surface area contributed by atoms with Gasteiger partial charge in [0, 0.05) is 18.9 Å². The molecule has 5 heteroatoms. The summed E-state index contributed by atoms with van der Waals surface area (Å²) in [5.41, 5.74) is -0.224. The Bertz CT molecular complexity index is 578. The van der Waals surface area contributed by atoms with Crippen molar-refractivity contribution in [2.24, 2.45) is 0 Å². The van der Waals surface area contributed by atoms with Gasteiger partial charge in [0.2, 0.25) is 0 Å². The van der Waals surface area contributed by atoms with Gasteiger partial charge in [-0.2, -0.15) is 5.10 Å². The van der Waals surface area contributed by atoms with Crippen LogP contribution in [0.25, 0.3) is 0 Å². The maximum atomic E-state index is 13.2. The molecule has 0 saturated carbocycles. The van der Waals surface area contributed by atoms with Crippen molar-refractivity contribution in [3.63, 3.8) is 0 Å². The zero-order chi connectivity index (χ0) is 14.8. The Morgan fingerprint density at radius 1 is 1.35 bits per heavy atom. The van der Waals surface area contributed by atoms with E-state index in [9.17, 15) is 9.50 Å². The lowest BCUT2D eigenvalue weighted by molar-refractivity contribution is 0.0572. The molecule has 0 saturated heterocycles. The van der Waals surface area contributed by atoms with E-state index in [-0.39, 0.29) is 11.9 Å². The van der Waals surface area contributed by atoms with E-state index in [4.69, 9.17) is 0 Å². The lowest BCUT2D eigenvalue weighted by atomic mass is 9.93. The van der Waals surface area contributed by atoms with Crippen LogP contribution in [0.4, 0.5) is 4.39 Å². The largest absolute Gasteiger partial charge is 0.389 e. The predicted molar refractivity (Wildman–Crippen MR) is 74.8 cm³/mol. The Morgan fingerprint density at radius 2 is 2.10 bits per heavy atom. The summed E-state index contributed by atoms with van der Waals surface area (Å²) in [6.45, 7) is 5.76. The molecular formula is C15H20FN3O. The molecule has 20 heavy (non-hydrogen) atoms. The molecule has 108 valence electrons. The molecule has 0 aliphatic rings. The summed E-state index contributed by atoms with van der Waals surface area (Å²) >= 11 is 0. The summed E-state index contributed by atoms with van der Waals surface area (Å²) in [5.74, 6) is 0.449. The average molecular weight is 277 g/mol. The molecule has 2 aromatic rings. The third-order valence-corrected chi connectivity index (χ3v) is 3.15. The van der Waals surface area contributed by atoms with E-state index in [0.29, 0.717) is 12.8 Å². The summed E-state index contributed by atoms with van der Waals surface area (Å²) in [6, 6.07) is 6.50. The first-order chi connectivity index (χ1) is 9.37. The number of nitrogens with zero attached hydrogens (tertiary/aromatic N) is 3. The normalized spacial score (nSPS) is 14.5. The molecule has 0 aliphatic carbocycles. The summed E-state index contributed by atoms with van der Waals surface area (Å²) in [7, 11) is 0. The van der Waals surface area contributed by atoms with Crippen LogP contribution >= 0.6 is 0 Å². The van der Waals surface area contributed by atoms with Crippen LogP contribution in [0.5, 0.6) is 0 Å².